The molecule has 0 fully saturated rings. The van der Waals surface area contributed by atoms with Gasteiger partial charge in [0.1, 0.15) is 5.58 Å². The molecular weight excluding hydrogens is 270 g/mol. The van der Waals surface area contributed by atoms with Crippen LogP contribution in [-0.4, -0.2) is 42.3 Å². The van der Waals surface area contributed by atoms with Gasteiger partial charge < -0.3 is 14.3 Å². The van der Waals surface area contributed by atoms with E-state index in [1.54, 1.807) is 13.2 Å². The molecule has 2 aromatic rings. The highest BCUT2D eigenvalue weighted by Crippen LogP contribution is 2.22. The van der Waals surface area contributed by atoms with Crippen molar-refractivity contribution in [3.05, 3.63) is 35.6 Å². The molecule has 0 bridgehead atoms. The smallest absolute Gasteiger partial charge is 0.371 e. The van der Waals surface area contributed by atoms with E-state index in [1.807, 2.05) is 18.2 Å². The zero-order valence-corrected chi connectivity index (χ0v) is 12.6. The maximum atomic E-state index is 10.9. The van der Waals surface area contributed by atoms with Crippen LogP contribution in [0.1, 0.15) is 30.0 Å². The summed E-state index contributed by atoms with van der Waals surface area (Å²) < 4.78 is 10.4. The average Bonchev–Trinajstić information content (AvgIpc) is 2.86. The van der Waals surface area contributed by atoms with Crippen molar-refractivity contribution in [3.63, 3.8) is 0 Å². The molecule has 5 nitrogen and oxygen atoms in total. The first-order valence-corrected chi connectivity index (χ1v) is 7.00. The van der Waals surface area contributed by atoms with Crippen LogP contribution in [0.4, 0.5) is 0 Å². The Hall–Kier alpha value is -1.85. The highest BCUT2D eigenvalue weighted by atomic mass is 16.5. The van der Waals surface area contributed by atoms with Gasteiger partial charge in [0.15, 0.2) is 0 Å². The summed E-state index contributed by atoms with van der Waals surface area (Å²) in [6.45, 7) is 6.64. The van der Waals surface area contributed by atoms with Gasteiger partial charge in [-0.2, -0.15) is 0 Å². The van der Waals surface area contributed by atoms with E-state index >= 15 is 0 Å². The third-order valence-corrected chi connectivity index (χ3v) is 3.49. The van der Waals surface area contributed by atoms with Gasteiger partial charge >= 0.3 is 5.97 Å². The molecule has 1 aromatic carbocycles. The summed E-state index contributed by atoms with van der Waals surface area (Å²) in [6, 6.07) is 7.75. The van der Waals surface area contributed by atoms with Crippen LogP contribution in [0, 0.1) is 0 Å². The Kier molecular flexibility index (Phi) is 4.98. The molecule has 0 aliphatic carbocycles. The highest BCUT2D eigenvalue weighted by molar-refractivity contribution is 5.91. The quantitative estimate of drug-likeness (QED) is 0.849. The number of ether oxygens (including phenoxy) is 1. The zero-order chi connectivity index (χ0) is 15.4. The molecule has 0 aliphatic rings. The number of rotatable bonds is 7. The third kappa shape index (κ3) is 3.83. The Morgan fingerprint density at radius 2 is 2.14 bits per heavy atom. The fourth-order valence-electron chi connectivity index (χ4n) is 2.26. The van der Waals surface area contributed by atoms with Gasteiger partial charge in [-0.3, -0.25) is 4.90 Å². The molecule has 5 heteroatoms. The Bertz CT molecular complexity index is 618. The summed E-state index contributed by atoms with van der Waals surface area (Å²) >= 11 is 0. The van der Waals surface area contributed by atoms with Crippen molar-refractivity contribution in [2.24, 2.45) is 0 Å². The van der Waals surface area contributed by atoms with E-state index in [9.17, 15) is 4.79 Å². The van der Waals surface area contributed by atoms with Gasteiger partial charge in [-0.15, -0.1) is 0 Å². The average molecular weight is 291 g/mol. The van der Waals surface area contributed by atoms with Crippen molar-refractivity contribution in [1.29, 1.82) is 0 Å². The summed E-state index contributed by atoms with van der Waals surface area (Å²) in [5, 5.41) is 9.77. The molecule has 0 atom stereocenters. The molecule has 0 spiro atoms. The van der Waals surface area contributed by atoms with Gasteiger partial charge in [0, 0.05) is 31.6 Å². The van der Waals surface area contributed by atoms with Crippen LogP contribution in [0.2, 0.25) is 0 Å². The lowest BCUT2D eigenvalue weighted by atomic mass is 10.1. The summed E-state index contributed by atoms with van der Waals surface area (Å²) in [6.07, 6.45) is 0. The van der Waals surface area contributed by atoms with Crippen LogP contribution in [-0.2, 0) is 11.3 Å². The predicted octanol–water partition coefficient (Wildman–Crippen LogP) is 2.99. The first-order chi connectivity index (χ1) is 10.0. The maximum Gasteiger partial charge on any atom is 0.371 e. The first-order valence-electron chi connectivity index (χ1n) is 7.00. The Morgan fingerprint density at radius 3 is 2.76 bits per heavy atom. The highest BCUT2D eigenvalue weighted by Gasteiger charge is 2.13. The van der Waals surface area contributed by atoms with Crippen LogP contribution in [0.3, 0.4) is 0 Å². The van der Waals surface area contributed by atoms with Crippen LogP contribution < -0.4 is 0 Å². The van der Waals surface area contributed by atoms with Gasteiger partial charge in [0.05, 0.1) is 6.61 Å². The summed E-state index contributed by atoms with van der Waals surface area (Å²) in [5.41, 5.74) is 1.73. The lowest BCUT2D eigenvalue weighted by Crippen LogP contribution is -2.33. The SMILES string of the molecule is COCCN(Cc1ccc2oc(C(=O)O)cc2c1)C(C)C. The van der Waals surface area contributed by atoms with E-state index in [0.29, 0.717) is 18.2 Å². The molecular formula is C16H21NO4. The Labute approximate surface area is 124 Å². The molecule has 0 amide bonds. The number of methoxy groups -OCH3 is 1. The monoisotopic (exact) mass is 291 g/mol. The molecule has 0 saturated heterocycles. The second kappa shape index (κ2) is 6.74. The summed E-state index contributed by atoms with van der Waals surface area (Å²) in [5.74, 6) is -1.07. The number of carboxylic acids is 1. The standard InChI is InChI=1S/C16H21NO4/c1-11(2)17(6-7-20-3)10-12-4-5-14-13(8-12)9-15(21-14)16(18)19/h4-5,8-9,11H,6-7,10H2,1-3H3,(H,18,19). The van der Waals surface area contributed by atoms with Crippen LogP contribution >= 0.6 is 0 Å². The summed E-state index contributed by atoms with van der Waals surface area (Å²) in [4.78, 5) is 13.2. The summed E-state index contributed by atoms with van der Waals surface area (Å²) in [7, 11) is 1.70. The molecule has 114 valence electrons. The maximum absolute atomic E-state index is 10.9. The predicted molar refractivity (Wildman–Crippen MR) is 80.6 cm³/mol. The largest absolute Gasteiger partial charge is 0.475 e. The minimum atomic E-state index is -1.04. The van der Waals surface area contributed by atoms with Crippen molar-refractivity contribution in [2.45, 2.75) is 26.4 Å². The van der Waals surface area contributed by atoms with E-state index in [2.05, 4.69) is 18.7 Å². The second-order valence-electron chi connectivity index (χ2n) is 5.35. The van der Waals surface area contributed by atoms with Crippen LogP contribution in [0.15, 0.2) is 28.7 Å². The van der Waals surface area contributed by atoms with E-state index in [-0.39, 0.29) is 5.76 Å². The zero-order valence-electron chi connectivity index (χ0n) is 12.6. The van der Waals surface area contributed by atoms with E-state index in [4.69, 9.17) is 14.3 Å². The fourth-order valence-corrected chi connectivity index (χ4v) is 2.26. The van der Waals surface area contributed by atoms with Gasteiger partial charge in [-0.1, -0.05) is 6.07 Å². The fraction of sp³-hybridized carbons (Fsp3) is 0.438. The number of furan rings is 1. The van der Waals surface area contributed by atoms with E-state index in [0.717, 1.165) is 24.0 Å². The van der Waals surface area contributed by atoms with Gasteiger partial charge in [-0.05, 0) is 37.6 Å². The van der Waals surface area contributed by atoms with Crippen molar-refractivity contribution in [2.75, 3.05) is 20.3 Å². The number of carboxylic acid groups (broad SMARTS) is 1. The number of benzene rings is 1. The van der Waals surface area contributed by atoms with Gasteiger partial charge in [0.25, 0.3) is 0 Å². The normalized spacial score (nSPS) is 11.7. The molecule has 1 heterocycles. The molecule has 2 rings (SSSR count). The molecule has 0 saturated carbocycles. The lowest BCUT2D eigenvalue weighted by Gasteiger charge is -2.26. The van der Waals surface area contributed by atoms with Gasteiger partial charge in [-0.25, -0.2) is 4.79 Å². The number of carbonyl (C=O) groups is 1. The van der Waals surface area contributed by atoms with E-state index in [1.165, 1.54) is 0 Å². The van der Waals surface area contributed by atoms with Crippen LogP contribution in [0.5, 0.6) is 0 Å². The molecule has 1 aromatic heterocycles. The molecule has 1 N–H and O–H groups in total. The third-order valence-electron chi connectivity index (χ3n) is 3.49. The number of hydrogen-bond donors (Lipinski definition) is 1. The molecule has 0 aliphatic heterocycles. The Balaban J connectivity index is 2.19. The van der Waals surface area contributed by atoms with Crippen LogP contribution in [0.25, 0.3) is 11.0 Å². The number of nitrogens with zero attached hydrogens (tertiary/aromatic N) is 1. The van der Waals surface area contributed by atoms with Crippen molar-refractivity contribution >= 4 is 16.9 Å². The Morgan fingerprint density at radius 1 is 1.38 bits per heavy atom. The molecule has 0 radical (unpaired) electrons. The lowest BCUT2D eigenvalue weighted by molar-refractivity contribution is 0.0665. The minimum Gasteiger partial charge on any atom is -0.475 e. The van der Waals surface area contributed by atoms with E-state index < -0.39 is 5.97 Å². The van der Waals surface area contributed by atoms with Crippen molar-refractivity contribution in [1.82, 2.24) is 4.90 Å². The van der Waals surface area contributed by atoms with Crippen molar-refractivity contribution < 1.29 is 19.1 Å². The first kappa shape index (κ1) is 15.5. The van der Waals surface area contributed by atoms with Crippen molar-refractivity contribution in [3.8, 4) is 0 Å². The molecule has 0 unspecified atom stereocenters. The minimum absolute atomic E-state index is 0.0257. The number of fused-ring (bicyclic) bond motifs is 1. The number of aromatic carboxylic acids is 1. The molecule has 21 heavy (non-hydrogen) atoms. The second-order valence-corrected chi connectivity index (χ2v) is 5.35. The van der Waals surface area contributed by atoms with Gasteiger partial charge in [0.2, 0.25) is 5.76 Å². The topological polar surface area (TPSA) is 62.9 Å². The number of hydrogen-bond acceptors (Lipinski definition) is 4.